The third-order valence-electron chi connectivity index (χ3n) is 2.82. The summed E-state index contributed by atoms with van der Waals surface area (Å²) in [5.41, 5.74) is 0. The molecule has 0 aromatic carbocycles. The Morgan fingerprint density at radius 3 is 2.17 bits per heavy atom. The van der Waals surface area contributed by atoms with Crippen molar-refractivity contribution in [3.05, 3.63) is 0 Å². The first-order valence-corrected chi connectivity index (χ1v) is 8.60. The number of ether oxygens (including phenoxy) is 3. The quantitative estimate of drug-likeness (QED) is 0.176. The van der Waals surface area contributed by atoms with Gasteiger partial charge in [-0.1, -0.05) is 13.3 Å². The smallest absolute Gasteiger partial charge is 0.191 e. The van der Waals surface area contributed by atoms with Crippen LogP contribution >= 0.6 is 24.0 Å². The summed E-state index contributed by atoms with van der Waals surface area (Å²) in [5, 5.41) is 6.47. The average molecular weight is 445 g/mol. The molecule has 0 aliphatic rings. The maximum Gasteiger partial charge on any atom is 0.191 e. The van der Waals surface area contributed by atoms with Crippen LogP contribution in [0.5, 0.6) is 0 Å². The minimum Gasteiger partial charge on any atom is -0.382 e. The fourth-order valence-corrected chi connectivity index (χ4v) is 1.65. The van der Waals surface area contributed by atoms with Crippen molar-refractivity contribution in [2.75, 3.05) is 59.3 Å². The molecule has 0 unspecified atom stereocenters. The molecule has 0 aliphatic heterocycles. The van der Waals surface area contributed by atoms with Crippen LogP contribution in [0.1, 0.15) is 40.0 Å². The van der Waals surface area contributed by atoms with Gasteiger partial charge in [-0.15, -0.1) is 24.0 Å². The van der Waals surface area contributed by atoms with E-state index in [1.165, 1.54) is 6.42 Å². The van der Waals surface area contributed by atoms with Gasteiger partial charge in [-0.3, -0.25) is 4.99 Å². The lowest BCUT2D eigenvalue weighted by Crippen LogP contribution is -2.39. The molecule has 2 N–H and O–H groups in total. The van der Waals surface area contributed by atoms with Gasteiger partial charge in [0.15, 0.2) is 5.96 Å². The predicted molar refractivity (Wildman–Crippen MR) is 107 cm³/mol. The molecule has 0 heterocycles. The molecule has 0 radical (unpaired) electrons. The van der Waals surface area contributed by atoms with Gasteiger partial charge in [0.25, 0.3) is 0 Å². The summed E-state index contributed by atoms with van der Waals surface area (Å²) in [6, 6.07) is 0. The van der Waals surface area contributed by atoms with E-state index in [0.717, 1.165) is 58.3 Å². The van der Waals surface area contributed by atoms with E-state index in [1.54, 1.807) is 0 Å². The van der Waals surface area contributed by atoms with Crippen LogP contribution in [0.25, 0.3) is 0 Å². The number of hydrogen-bond donors (Lipinski definition) is 2. The number of unbranched alkanes of at least 4 members (excludes halogenated alkanes) is 1. The number of nitrogens with zero attached hydrogens (tertiary/aromatic N) is 1. The highest BCUT2D eigenvalue weighted by Gasteiger charge is 1.96. The highest BCUT2D eigenvalue weighted by Crippen LogP contribution is 1.88. The van der Waals surface area contributed by atoms with Crippen molar-refractivity contribution in [2.24, 2.45) is 4.99 Å². The topological polar surface area (TPSA) is 64.1 Å². The van der Waals surface area contributed by atoms with Gasteiger partial charge in [0, 0.05) is 39.5 Å². The Labute approximate surface area is 159 Å². The Balaban J connectivity index is 0. The SMILES string of the molecule is CCCCOCCOCCNC(=NCCCOCC)NCC.I. The van der Waals surface area contributed by atoms with Crippen LogP contribution < -0.4 is 10.6 Å². The minimum absolute atomic E-state index is 0. The molecule has 0 aliphatic carbocycles. The number of aliphatic imine (C=N–C) groups is 1. The van der Waals surface area contributed by atoms with Crippen molar-refractivity contribution in [3.63, 3.8) is 0 Å². The predicted octanol–water partition coefficient (Wildman–Crippen LogP) is 2.42. The highest BCUT2D eigenvalue weighted by atomic mass is 127. The van der Waals surface area contributed by atoms with E-state index in [-0.39, 0.29) is 24.0 Å². The van der Waals surface area contributed by atoms with E-state index in [4.69, 9.17) is 14.2 Å². The van der Waals surface area contributed by atoms with Crippen molar-refractivity contribution < 1.29 is 14.2 Å². The molecule has 140 valence electrons. The van der Waals surface area contributed by atoms with Crippen LogP contribution in [0.15, 0.2) is 4.99 Å². The fourth-order valence-electron chi connectivity index (χ4n) is 1.65. The summed E-state index contributed by atoms with van der Waals surface area (Å²) in [5.74, 6) is 0.835. The van der Waals surface area contributed by atoms with Crippen molar-refractivity contribution >= 4 is 29.9 Å². The molecule has 0 bridgehead atoms. The Morgan fingerprint density at radius 1 is 0.826 bits per heavy atom. The molecular formula is C16H36IN3O3. The Kier molecular flexibility index (Phi) is 23.9. The molecule has 0 aromatic rings. The molecular weight excluding hydrogens is 409 g/mol. The normalized spacial score (nSPS) is 11.2. The van der Waals surface area contributed by atoms with E-state index in [1.807, 2.05) is 6.92 Å². The van der Waals surface area contributed by atoms with E-state index < -0.39 is 0 Å². The molecule has 0 atom stereocenters. The second-order valence-electron chi connectivity index (χ2n) is 4.82. The van der Waals surface area contributed by atoms with Gasteiger partial charge >= 0.3 is 0 Å². The summed E-state index contributed by atoms with van der Waals surface area (Å²) >= 11 is 0. The summed E-state index contributed by atoms with van der Waals surface area (Å²) in [6.07, 6.45) is 3.23. The first-order valence-electron chi connectivity index (χ1n) is 8.60. The van der Waals surface area contributed by atoms with Gasteiger partial charge < -0.3 is 24.8 Å². The molecule has 0 aromatic heterocycles. The summed E-state index contributed by atoms with van der Waals surface area (Å²) in [6.45, 7) is 12.9. The minimum atomic E-state index is 0. The van der Waals surface area contributed by atoms with Gasteiger partial charge in [0.2, 0.25) is 0 Å². The second kappa shape index (κ2) is 21.9. The summed E-state index contributed by atoms with van der Waals surface area (Å²) in [7, 11) is 0. The number of hydrogen-bond acceptors (Lipinski definition) is 4. The van der Waals surface area contributed by atoms with Gasteiger partial charge in [-0.25, -0.2) is 0 Å². The van der Waals surface area contributed by atoms with Crippen molar-refractivity contribution in [1.29, 1.82) is 0 Å². The molecule has 0 saturated carbocycles. The maximum absolute atomic E-state index is 5.51. The van der Waals surface area contributed by atoms with Crippen LogP contribution in [0, 0.1) is 0 Å². The zero-order valence-electron chi connectivity index (χ0n) is 15.1. The van der Waals surface area contributed by atoms with Crippen LogP contribution in [-0.4, -0.2) is 65.2 Å². The lowest BCUT2D eigenvalue weighted by atomic mass is 10.4. The molecule has 0 saturated heterocycles. The third-order valence-corrected chi connectivity index (χ3v) is 2.82. The lowest BCUT2D eigenvalue weighted by molar-refractivity contribution is 0.0487. The molecule has 0 rings (SSSR count). The zero-order valence-corrected chi connectivity index (χ0v) is 17.4. The van der Waals surface area contributed by atoms with E-state index in [2.05, 4.69) is 29.5 Å². The number of halogens is 1. The third kappa shape index (κ3) is 19.8. The van der Waals surface area contributed by atoms with Crippen LogP contribution in [0.2, 0.25) is 0 Å². The maximum atomic E-state index is 5.51. The van der Waals surface area contributed by atoms with E-state index in [9.17, 15) is 0 Å². The van der Waals surface area contributed by atoms with Crippen LogP contribution in [-0.2, 0) is 14.2 Å². The van der Waals surface area contributed by atoms with Crippen molar-refractivity contribution in [1.82, 2.24) is 10.6 Å². The van der Waals surface area contributed by atoms with Crippen molar-refractivity contribution in [3.8, 4) is 0 Å². The monoisotopic (exact) mass is 445 g/mol. The first-order chi connectivity index (χ1) is 10.8. The molecule has 6 nitrogen and oxygen atoms in total. The first kappa shape index (κ1) is 25.1. The standard InChI is InChI=1S/C16H35N3O3.HI/c1-4-7-11-21-14-15-22-13-10-19-16(17-5-2)18-9-8-12-20-6-3;/h4-15H2,1-3H3,(H2,17,18,19);1H. The molecule has 7 heteroatoms. The Hall–Kier alpha value is -0.120. The number of nitrogens with one attached hydrogen (secondary N) is 2. The zero-order chi connectivity index (χ0) is 16.3. The number of guanidine groups is 1. The van der Waals surface area contributed by atoms with Gasteiger partial charge in [-0.05, 0) is 26.7 Å². The second-order valence-corrected chi connectivity index (χ2v) is 4.82. The van der Waals surface area contributed by atoms with Crippen LogP contribution in [0.4, 0.5) is 0 Å². The van der Waals surface area contributed by atoms with E-state index >= 15 is 0 Å². The Bertz CT molecular complexity index is 257. The highest BCUT2D eigenvalue weighted by molar-refractivity contribution is 14.0. The molecule has 0 amide bonds. The van der Waals surface area contributed by atoms with Gasteiger partial charge in [0.05, 0.1) is 19.8 Å². The lowest BCUT2D eigenvalue weighted by Gasteiger charge is -2.11. The average Bonchev–Trinajstić information content (AvgIpc) is 2.53. The van der Waals surface area contributed by atoms with E-state index in [0.29, 0.717) is 19.8 Å². The summed E-state index contributed by atoms with van der Waals surface area (Å²) < 4.78 is 16.2. The molecule has 23 heavy (non-hydrogen) atoms. The van der Waals surface area contributed by atoms with Crippen molar-refractivity contribution in [2.45, 2.75) is 40.0 Å². The van der Waals surface area contributed by atoms with Crippen LogP contribution in [0.3, 0.4) is 0 Å². The summed E-state index contributed by atoms with van der Waals surface area (Å²) in [4.78, 5) is 4.49. The molecule has 0 spiro atoms. The molecule has 0 fully saturated rings. The fraction of sp³-hybridized carbons (Fsp3) is 0.938. The number of rotatable bonds is 15. The van der Waals surface area contributed by atoms with Gasteiger partial charge in [0.1, 0.15) is 0 Å². The van der Waals surface area contributed by atoms with Gasteiger partial charge in [-0.2, -0.15) is 0 Å². The largest absolute Gasteiger partial charge is 0.382 e. The Morgan fingerprint density at radius 2 is 1.52 bits per heavy atom.